The summed E-state index contributed by atoms with van der Waals surface area (Å²) in [6.45, 7) is 2.60. The Kier molecular flexibility index (Phi) is 18.4. The number of unbranched alkanes of at least 4 members (excludes halogenated alkanes) is 1. The zero-order valence-corrected chi connectivity index (χ0v) is 34.2. The zero-order chi connectivity index (χ0) is 42.7. The smallest absolute Gasteiger partial charge is 0.243 e. The van der Waals surface area contributed by atoms with Gasteiger partial charge in [-0.05, 0) is 92.9 Å². The van der Waals surface area contributed by atoms with Gasteiger partial charge in [-0.2, -0.15) is 11.8 Å². The minimum absolute atomic E-state index is 0.0750. The summed E-state index contributed by atoms with van der Waals surface area (Å²) in [5, 5.41) is 16.2. The quantitative estimate of drug-likeness (QED) is 0.0613. The second-order valence-corrected chi connectivity index (χ2v) is 15.3. The van der Waals surface area contributed by atoms with E-state index in [-0.39, 0.29) is 43.3 Å². The van der Waals surface area contributed by atoms with Crippen LogP contribution in [0.4, 0.5) is 0 Å². The first-order chi connectivity index (χ1) is 27.8. The highest BCUT2D eigenvalue weighted by molar-refractivity contribution is 7.99. The van der Waals surface area contributed by atoms with Gasteiger partial charge in [0.15, 0.2) is 11.6 Å². The van der Waals surface area contributed by atoms with Gasteiger partial charge in [0.1, 0.15) is 17.8 Å². The van der Waals surface area contributed by atoms with Gasteiger partial charge < -0.3 is 42.8 Å². The van der Waals surface area contributed by atoms with Crippen LogP contribution in [0.5, 0.6) is 5.75 Å². The number of Topliss-reactive ketones (excluding diaryl/α,β-unsaturated/α-hetero) is 2. The number of ketones is 2. The van der Waals surface area contributed by atoms with E-state index in [1.807, 2.05) is 42.5 Å². The molecule has 0 bridgehead atoms. The Morgan fingerprint density at radius 2 is 1.44 bits per heavy atom. The summed E-state index contributed by atoms with van der Waals surface area (Å²) in [7, 11) is 3.16. The summed E-state index contributed by atoms with van der Waals surface area (Å²) in [6, 6.07) is 16.8. The number of likely N-dealkylation sites (N-methyl/N-ethyl adjacent to an activating group) is 1. The summed E-state index contributed by atoms with van der Waals surface area (Å²) >= 11 is 1.38. The van der Waals surface area contributed by atoms with Crippen molar-refractivity contribution < 1.29 is 34.9 Å². The van der Waals surface area contributed by atoms with E-state index in [1.54, 1.807) is 45.3 Å². The summed E-state index contributed by atoms with van der Waals surface area (Å²) in [6.07, 6.45) is 1.96. The van der Waals surface area contributed by atoms with Crippen LogP contribution in [-0.2, 0) is 41.6 Å². The molecule has 5 atom stereocenters. The molecule has 310 valence electrons. The molecule has 3 aromatic carbocycles. The van der Waals surface area contributed by atoms with Crippen LogP contribution in [0.3, 0.4) is 0 Å². The van der Waals surface area contributed by atoms with Gasteiger partial charge in [0.05, 0.1) is 31.3 Å². The first-order valence-electron chi connectivity index (χ1n) is 19.8. The number of nitrogens with two attached hydrogens (primary N) is 2. The Labute approximate surface area is 341 Å². The molecular formula is C42H59N7O7S. The first-order valence-corrected chi connectivity index (χ1v) is 20.2. The van der Waals surface area contributed by atoms with Gasteiger partial charge in [0.2, 0.25) is 23.6 Å². The molecule has 15 heteroatoms. The lowest BCUT2D eigenvalue weighted by atomic mass is 9.89. The number of hydrogen-bond donors (Lipinski definition) is 7. The molecule has 4 amide bonds. The molecule has 0 aliphatic heterocycles. The number of carbonyl (C=O) groups excluding carboxylic acids is 6. The lowest BCUT2D eigenvalue weighted by Crippen LogP contribution is -2.61. The van der Waals surface area contributed by atoms with Gasteiger partial charge in [-0.3, -0.25) is 28.8 Å². The second-order valence-electron chi connectivity index (χ2n) is 14.2. The molecule has 3 aromatic rings. The highest BCUT2D eigenvalue weighted by atomic mass is 32.2. The maximum Gasteiger partial charge on any atom is 0.243 e. The summed E-state index contributed by atoms with van der Waals surface area (Å²) in [4.78, 5) is 79.3. The van der Waals surface area contributed by atoms with Crippen molar-refractivity contribution in [2.75, 3.05) is 38.8 Å². The Morgan fingerprint density at radius 1 is 0.807 bits per heavy atom. The molecule has 0 fully saturated rings. The minimum Gasteiger partial charge on any atom is -0.497 e. The summed E-state index contributed by atoms with van der Waals surface area (Å²) < 4.78 is 12.7. The number of ether oxygens (including phenoxy) is 1. The van der Waals surface area contributed by atoms with Gasteiger partial charge >= 0.3 is 0 Å². The van der Waals surface area contributed by atoms with E-state index < -0.39 is 60.1 Å². The Morgan fingerprint density at radius 3 is 2.05 bits per heavy atom. The van der Waals surface area contributed by atoms with Crippen LogP contribution in [0.1, 0.15) is 58.9 Å². The van der Waals surface area contributed by atoms with Gasteiger partial charge in [-0.15, -0.1) is 0 Å². The SMILES string of the molecule is [3H]CC(=O)[C@H](CCSC[C@H](NC)C(=O)N[C@@H](Cc1ccc(OC)cc1)C(=O)N[C@@H](Cc1ccc2ccccc2c1)C(=O)N[C@@](C)(CCCCN)C(=O)CN)NC(C)=O. The number of carbonyl (C=O) groups is 6. The van der Waals surface area contributed by atoms with Crippen molar-refractivity contribution in [1.29, 1.82) is 0 Å². The summed E-state index contributed by atoms with van der Waals surface area (Å²) in [5.41, 5.74) is 11.7. The molecule has 9 N–H and O–H groups in total. The first kappa shape index (κ1) is 44.9. The van der Waals surface area contributed by atoms with E-state index in [0.29, 0.717) is 37.3 Å². The molecule has 3 rings (SSSR count). The average molecular weight is 808 g/mol. The van der Waals surface area contributed by atoms with Gasteiger partial charge in [-0.25, -0.2) is 0 Å². The number of thioether (sulfide) groups is 1. The molecule has 0 unspecified atom stereocenters. The fourth-order valence-electron chi connectivity index (χ4n) is 6.29. The molecule has 0 aromatic heterocycles. The van der Waals surface area contributed by atoms with Crippen LogP contribution < -0.4 is 42.8 Å². The highest BCUT2D eigenvalue weighted by Crippen LogP contribution is 2.20. The minimum atomic E-state index is -1.31. The van der Waals surface area contributed by atoms with Gasteiger partial charge in [0.25, 0.3) is 0 Å². The Bertz CT molecular complexity index is 1850. The molecule has 0 spiro atoms. The summed E-state index contributed by atoms with van der Waals surface area (Å²) in [5.74, 6) is -1.51. The number of benzene rings is 3. The molecule has 0 radical (unpaired) electrons. The van der Waals surface area contributed by atoms with Crippen LogP contribution in [0, 0.1) is 0 Å². The molecule has 0 aliphatic carbocycles. The Hall–Kier alpha value is -4.83. The van der Waals surface area contributed by atoms with Crippen molar-refractivity contribution in [3.63, 3.8) is 0 Å². The van der Waals surface area contributed by atoms with E-state index in [1.165, 1.54) is 18.7 Å². The van der Waals surface area contributed by atoms with E-state index in [9.17, 15) is 28.8 Å². The predicted molar refractivity (Wildman–Crippen MR) is 225 cm³/mol. The number of rotatable bonds is 25. The topological polar surface area (TPSA) is 224 Å². The van der Waals surface area contributed by atoms with E-state index in [4.69, 9.17) is 17.6 Å². The van der Waals surface area contributed by atoms with Crippen LogP contribution in [0.2, 0.25) is 0 Å². The van der Waals surface area contributed by atoms with Crippen LogP contribution in [-0.4, -0.2) is 104 Å². The standard InChI is InChI=1S/C42H59N7O7S/c1-27(50)34(46-28(2)51)18-21-57-26-37(45-4)40(54)47-35(23-29-13-16-33(56-5)17-14-29)39(53)48-36(24-30-12-15-31-10-6-7-11-32(31)22-30)41(55)49-42(3,38(52)25-44)19-8-9-20-43/h6-7,10-17,22,34-37,45H,8-9,18-21,23-26,43-44H2,1-5H3,(H,46,51)(H,47,54)(H,48,53)(H,49,55)/t34-,35-,36-,37-,42-/m0/s1/i1T. The number of nitrogens with one attached hydrogen (secondary N) is 5. The van der Waals surface area contributed by atoms with Crippen molar-refractivity contribution in [3.05, 3.63) is 77.9 Å². The van der Waals surface area contributed by atoms with Crippen molar-refractivity contribution in [3.8, 4) is 5.75 Å². The average Bonchev–Trinajstić information content (AvgIpc) is 3.22. The van der Waals surface area contributed by atoms with E-state index in [2.05, 4.69) is 26.6 Å². The monoisotopic (exact) mass is 807 g/mol. The molecule has 57 heavy (non-hydrogen) atoms. The number of amides is 4. The fourth-order valence-corrected chi connectivity index (χ4v) is 7.42. The van der Waals surface area contributed by atoms with Crippen molar-refractivity contribution >= 4 is 57.7 Å². The third kappa shape index (κ3) is 14.9. The lowest BCUT2D eigenvalue weighted by molar-refractivity contribution is -0.135. The van der Waals surface area contributed by atoms with Crippen LogP contribution in [0.25, 0.3) is 10.8 Å². The second kappa shape index (κ2) is 23.4. The third-order valence-corrected chi connectivity index (χ3v) is 10.8. The van der Waals surface area contributed by atoms with E-state index in [0.717, 1.165) is 21.9 Å². The van der Waals surface area contributed by atoms with Crippen molar-refractivity contribution in [2.45, 2.75) is 89.0 Å². The van der Waals surface area contributed by atoms with Crippen molar-refractivity contribution in [1.82, 2.24) is 26.6 Å². The molecule has 0 saturated carbocycles. The van der Waals surface area contributed by atoms with E-state index >= 15 is 0 Å². The Balaban J connectivity index is 1.90. The van der Waals surface area contributed by atoms with Gasteiger partial charge in [-0.1, -0.05) is 54.6 Å². The molecular weight excluding hydrogens is 747 g/mol. The van der Waals surface area contributed by atoms with Crippen LogP contribution in [0.15, 0.2) is 66.7 Å². The van der Waals surface area contributed by atoms with Crippen molar-refractivity contribution in [2.24, 2.45) is 11.5 Å². The number of methoxy groups -OCH3 is 1. The lowest BCUT2D eigenvalue weighted by Gasteiger charge is -2.32. The molecule has 0 heterocycles. The van der Waals surface area contributed by atoms with Gasteiger partial charge in [0, 0.05) is 26.9 Å². The van der Waals surface area contributed by atoms with Crippen LogP contribution >= 0.6 is 11.8 Å². The number of fused-ring (bicyclic) bond motifs is 1. The molecule has 0 aliphatic rings. The normalized spacial score (nSPS) is 14.5. The number of hydrogen-bond acceptors (Lipinski definition) is 11. The molecule has 14 nitrogen and oxygen atoms in total. The third-order valence-electron chi connectivity index (χ3n) is 9.72. The highest BCUT2D eigenvalue weighted by Gasteiger charge is 2.36. The fraction of sp³-hybridized carbons (Fsp3) is 0.476. The molecule has 0 saturated heterocycles. The predicted octanol–water partition coefficient (Wildman–Crippen LogP) is 1.94. The maximum absolute atomic E-state index is 14.4. The maximum atomic E-state index is 14.4. The largest absolute Gasteiger partial charge is 0.497 e. The zero-order valence-electron chi connectivity index (χ0n) is 34.4.